The van der Waals surface area contributed by atoms with E-state index in [1.807, 2.05) is 0 Å². The van der Waals surface area contributed by atoms with Crippen molar-refractivity contribution in [1.29, 1.82) is 0 Å². The predicted octanol–water partition coefficient (Wildman–Crippen LogP) is 2.94. The number of nitrogens with two attached hydrogens (primary N) is 1. The smallest absolute Gasteiger partial charge is 0.272 e. The third kappa shape index (κ3) is 3.68. The van der Waals surface area contributed by atoms with Crippen LogP contribution in [0.3, 0.4) is 0 Å². The molecule has 108 valence electrons. The Morgan fingerprint density at radius 3 is 2.05 bits per heavy atom. The number of hydrogen-bond acceptors (Lipinski definition) is 7. The van der Waals surface area contributed by atoms with E-state index in [0.717, 1.165) is 4.90 Å². The molecule has 0 aliphatic rings. The number of hydrogen-bond donors (Lipinski definition) is 2. The van der Waals surface area contributed by atoms with Gasteiger partial charge in [-0.1, -0.05) is 11.8 Å². The van der Waals surface area contributed by atoms with Gasteiger partial charge in [-0.15, -0.1) is 0 Å². The number of hydrazine groups is 1. The van der Waals surface area contributed by atoms with E-state index in [2.05, 4.69) is 5.43 Å². The van der Waals surface area contributed by atoms with Gasteiger partial charge in [-0.3, -0.25) is 26.1 Å². The molecule has 0 heterocycles. The van der Waals surface area contributed by atoms with E-state index in [9.17, 15) is 20.2 Å². The van der Waals surface area contributed by atoms with Crippen LogP contribution in [0, 0.1) is 20.2 Å². The lowest BCUT2D eigenvalue weighted by Gasteiger charge is -2.05. The SMILES string of the molecule is NNc1cc(Sc2ccc([N+](=O)[O-])cc2)cc([N+](=O)[O-])c1. The van der Waals surface area contributed by atoms with Crippen LogP contribution in [0.1, 0.15) is 0 Å². The summed E-state index contributed by atoms with van der Waals surface area (Å²) in [6.45, 7) is 0. The molecule has 0 aliphatic carbocycles. The van der Waals surface area contributed by atoms with Gasteiger partial charge in [-0.2, -0.15) is 0 Å². The van der Waals surface area contributed by atoms with E-state index in [1.165, 1.54) is 36.0 Å². The highest BCUT2D eigenvalue weighted by atomic mass is 32.2. The van der Waals surface area contributed by atoms with Gasteiger partial charge in [0.15, 0.2) is 0 Å². The van der Waals surface area contributed by atoms with Crippen molar-refractivity contribution in [2.45, 2.75) is 9.79 Å². The zero-order valence-electron chi connectivity index (χ0n) is 10.6. The predicted molar refractivity (Wildman–Crippen MR) is 78.1 cm³/mol. The number of nitrogens with zero attached hydrogens (tertiary/aromatic N) is 2. The fraction of sp³-hybridized carbons (Fsp3) is 0. The number of nitro benzene ring substituents is 2. The average molecular weight is 306 g/mol. The number of nitrogen functional groups attached to an aromatic ring is 1. The van der Waals surface area contributed by atoms with E-state index in [4.69, 9.17) is 5.84 Å². The Labute approximate surface area is 123 Å². The molecular formula is C12H10N4O4S. The zero-order chi connectivity index (χ0) is 15.4. The molecular weight excluding hydrogens is 296 g/mol. The highest BCUT2D eigenvalue weighted by Gasteiger charge is 2.11. The van der Waals surface area contributed by atoms with Crippen molar-refractivity contribution < 1.29 is 9.85 Å². The number of benzene rings is 2. The number of anilines is 1. The zero-order valence-corrected chi connectivity index (χ0v) is 11.4. The summed E-state index contributed by atoms with van der Waals surface area (Å²) in [5.41, 5.74) is 2.68. The Morgan fingerprint density at radius 2 is 1.52 bits per heavy atom. The number of nitro groups is 2. The maximum atomic E-state index is 10.8. The van der Waals surface area contributed by atoms with Gasteiger partial charge in [0.25, 0.3) is 11.4 Å². The minimum atomic E-state index is -0.513. The normalized spacial score (nSPS) is 10.1. The van der Waals surface area contributed by atoms with Crippen molar-refractivity contribution >= 4 is 28.8 Å². The van der Waals surface area contributed by atoms with Crippen LogP contribution in [0.5, 0.6) is 0 Å². The van der Waals surface area contributed by atoms with Crippen LogP contribution in [0.25, 0.3) is 0 Å². The minimum absolute atomic E-state index is 0.0114. The fourth-order valence-electron chi connectivity index (χ4n) is 1.60. The average Bonchev–Trinajstić information content (AvgIpc) is 2.47. The number of rotatable bonds is 5. The minimum Gasteiger partial charge on any atom is -0.324 e. The summed E-state index contributed by atoms with van der Waals surface area (Å²) in [5.74, 6) is 5.28. The lowest BCUT2D eigenvalue weighted by molar-refractivity contribution is -0.385. The summed E-state index contributed by atoms with van der Waals surface area (Å²) in [6, 6.07) is 10.3. The van der Waals surface area contributed by atoms with E-state index in [1.54, 1.807) is 18.2 Å². The molecule has 0 amide bonds. The molecule has 9 heteroatoms. The van der Waals surface area contributed by atoms with Gasteiger partial charge in [-0.05, 0) is 18.2 Å². The van der Waals surface area contributed by atoms with Gasteiger partial charge in [-0.25, -0.2) is 0 Å². The quantitative estimate of drug-likeness (QED) is 0.494. The molecule has 2 aromatic rings. The van der Waals surface area contributed by atoms with Crippen LogP contribution >= 0.6 is 11.8 Å². The van der Waals surface area contributed by atoms with E-state index in [-0.39, 0.29) is 11.4 Å². The highest BCUT2D eigenvalue weighted by molar-refractivity contribution is 7.99. The van der Waals surface area contributed by atoms with Gasteiger partial charge in [0.2, 0.25) is 0 Å². The van der Waals surface area contributed by atoms with E-state index >= 15 is 0 Å². The summed E-state index contributed by atoms with van der Waals surface area (Å²) in [4.78, 5) is 21.7. The molecule has 0 saturated heterocycles. The largest absolute Gasteiger partial charge is 0.324 e. The molecule has 8 nitrogen and oxygen atoms in total. The molecule has 0 fully saturated rings. The van der Waals surface area contributed by atoms with Crippen molar-refractivity contribution in [3.63, 3.8) is 0 Å². The lowest BCUT2D eigenvalue weighted by Crippen LogP contribution is -2.07. The third-order valence-corrected chi connectivity index (χ3v) is 3.53. The molecule has 0 bridgehead atoms. The molecule has 0 radical (unpaired) electrons. The van der Waals surface area contributed by atoms with Crippen LogP contribution < -0.4 is 11.3 Å². The van der Waals surface area contributed by atoms with Crippen molar-refractivity contribution in [3.05, 3.63) is 62.7 Å². The summed E-state index contributed by atoms with van der Waals surface area (Å²) in [5, 5.41) is 21.4. The van der Waals surface area contributed by atoms with Crippen LogP contribution in [0.2, 0.25) is 0 Å². The van der Waals surface area contributed by atoms with Crippen molar-refractivity contribution in [2.75, 3.05) is 5.43 Å². The molecule has 0 aromatic heterocycles. The molecule has 2 aromatic carbocycles. The highest BCUT2D eigenvalue weighted by Crippen LogP contribution is 2.33. The molecule has 2 rings (SSSR count). The summed E-state index contributed by atoms with van der Waals surface area (Å²) in [7, 11) is 0. The van der Waals surface area contributed by atoms with Crippen molar-refractivity contribution in [2.24, 2.45) is 5.84 Å². The monoisotopic (exact) mass is 306 g/mol. The first kappa shape index (κ1) is 14.8. The Hall–Kier alpha value is -2.65. The van der Waals surface area contributed by atoms with Crippen molar-refractivity contribution in [1.82, 2.24) is 0 Å². The van der Waals surface area contributed by atoms with Crippen LogP contribution in [-0.2, 0) is 0 Å². The standard InChI is InChI=1S/C12H10N4O4S/c13-14-8-5-10(16(19)20)7-12(6-8)21-11-3-1-9(2-4-11)15(17)18/h1-7,14H,13H2. The number of nitrogens with one attached hydrogen (secondary N) is 1. The lowest BCUT2D eigenvalue weighted by atomic mass is 10.3. The van der Waals surface area contributed by atoms with Gasteiger partial charge in [0.05, 0.1) is 15.5 Å². The summed E-state index contributed by atoms with van der Waals surface area (Å²) >= 11 is 1.25. The second-order valence-corrected chi connectivity index (χ2v) is 5.12. The van der Waals surface area contributed by atoms with E-state index < -0.39 is 9.85 Å². The first-order chi connectivity index (χ1) is 9.99. The molecule has 21 heavy (non-hydrogen) atoms. The first-order valence-corrected chi connectivity index (χ1v) is 6.49. The summed E-state index contributed by atoms with van der Waals surface area (Å²) in [6.07, 6.45) is 0. The molecule has 0 aliphatic heterocycles. The molecule has 0 unspecified atom stereocenters. The Kier molecular flexibility index (Phi) is 4.36. The van der Waals surface area contributed by atoms with Crippen LogP contribution in [0.15, 0.2) is 52.3 Å². The maximum absolute atomic E-state index is 10.8. The van der Waals surface area contributed by atoms with Gasteiger partial charge < -0.3 is 5.43 Å². The molecule has 0 saturated carbocycles. The van der Waals surface area contributed by atoms with Gasteiger partial charge in [0, 0.05) is 34.1 Å². The van der Waals surface area contributed by atoms with Crippen molar-refractivity contribution in [3.8, 4) is 0 Å². The second kappa shape index (κ2) is 6.20. The van der Waals surface area contributed by atoms with Gasteiger partial charge in [0.1, 0.15) is 0 Å². The maximum Gasteiger partial charge on any atom is 0.272 e. The Morgan fingerprint density at radius 1 is 0.905 bits per heavy atom. The fourth-order valence-corrected chi connectivity index (χ4v) is 2.51. The first-order valence-electron chi connectivity index (χ1n) is 5.68. The summed E-state index contributed by atoms with van der Waals surface area (Å²) < 4.78 is 0. The Bertz CT molecular complexity index is 690. The van der Waals surface area contributed by atoms with E-state index in [0.29, 0.717) is 10.6 Å². The van der Waals surface area contributed by atoms with Crippen LogP contribution in [0.4, 0.5) is 17.1 Å². The molecule has 0 atom stereocenters. The topological polar surface area (TPSA) is 124 Å². The van der Waals surface area contributed by atoms with Crippen LogP contribution in [-0.4, -0.2) is 9.85 Å². The Balaban J connectivity index is 2.28. The van der Waals surface area contributed by atoms with Gasteiger partial charge >= 0.3 is 0 Å². The molecule has 0 spiro atoms. The number of non-ortho nitro benzene ring substituents is 2. The third-order valence-electron chi connectivity index (χ3n) is 2.55. The molecule has 3 N–H and O–H groups in total. The second-order valence-electron chi connectivity index (χ2n) is 3.97.